The number of carbonyl (C=O) groups is 1. The summed E-state index contributed by atoms with van der Waals surface area (Å²) in [4.78, 5) is 24.5. The molecule has 1 saturated heterocycles. The van der Waals surface area contributed by atoms with Gasteiger partial charge in [-0.1, -0.05) is 11.6 Å². The van der Waals surface area contributed by atoms with Crippen LogP contribution in [0.25, 0.3) is 0 Å². The smallest absolute Gasteiger partial charge is 0.263 e. The molecule has 0 atom stereocenters. The van der Waals surface area contributed by atoms with Crippen LogP contribution in [0.15, 0.2) is 46.2 Å². The van der Waals surface area contributed by atoms with E-state index >= 15 is 0 Å². The number of halogens is 1. The zero-order valence-corrected chi connectivity index (χ0v) is 16.1. The first kappa shape index (κ1) is 19.6. The van der Waals surface area contributed by atoms with Crippen LogP contribution in [-0.4, -0.2) is 49.5 Å². The van der Waals surface area contributed by atoms with Crippen LogP contribution in [0.1, 0.15) is 10.4 Å². The van der Waals surface area contributed by atoms with E-state index in [2.05, 4.69) is 5.32 Å². The minimum Gasteiger partial charge on any atom is -0.379 e. The van der Waals surface area contributed by atoms with Gasteiger partial charge in [0.25, 0.3) is 11.5 Å². The number of aryl methyl sites for hydroxylation is 1. The monoisotopic (exact) mass is 411 g/mol. The molecule has 3 rings (SSSR count). The Morgan fingerprint density at radius 2 is 1.93 bits per heavy atom. The van der Waals surface area contributed by atoms with Crippen molar-refractivity contribution < 1.29 is 17.9 Å². The molecule has 0 spiro atoms. The van der Waals surface area contributed by atoms with Crippen LogP contribution in [0, 0.1) is 0 Å². The van der Waals surface area contributed by atoms with E-state index in [1.807, 2.05) is 0 Å². The lowest BCUT2D eigenvalue weighted by atomic mass is 10.2. The van der Waals surface area contributed by atoms with Gasteiger partial charge in [-0.25, -0.2) is 8.42 Å². The Morgan fingerprint density at radius 1 is 1.22 bits per heavy atom. The summed E-state index contributed by atoms with van der Waals surface area (Å²) < 4.78 is 33.3. The van der Waals surface area contributed by atoms with Crippen LogP contribution in [0.3, 0.4) is 0 Å². The Balaban J connectivity index is 1.90. The fourth-order valence-electron chi connectivity index (χ4n) is 2.66. The molecular formula is C17H18ClN3O5S. The Kier molecular flexibility index (Phi) is 5.66. The highest BCUT2D eigenvalue weighted by Crippen LogP contribution is 2.27. The molecule has 27 heavy (non-hydrogen) atoms. The molecule has 0 saturated carbocycles. The van der Waals surface area contributed by atoms with Crippen molar-refractivity contribution >= 4 is 33.2 Å². The highest BCUT2D eigenvalue weighted by molar-refractivity contribution is 7.89. The fourth-order valence-corrected chi connectivity index (χ4v) is 4.26. The van der Waals surface area contributed by atoms with Crippen LogP contribution in [0.2, 0.25) is 5.02 Å². The van der Waals surface area contributed by atoms with Gasteiger partial charge in [0.2, 0.25) is 10.0 Å². The lowest BCUT2D eigenvalue weighted by molar-refractivity contribution is 0.0730. The molecule has 1 N–H and O–H groups in total. The van der Waals surface area contributed by atoms with Gasteiger partial charge < -0.3 is 14.6 Å². The normalized spacial score (nSPS) is 15.5. The van der Waals surface area contributed by atoms with Crippen LogP contribution in [0.5, 0.6) is 0 Å². The Hall–Kier alpha value is -2.20. The number of aromatic nitrogens is 1. The van der Waals surface area contributed by atoms with E-state index < -0.39 is 21.5 Å². The number of benzene rings is 1. The lowest BCUT2D eigenvalue weighted by Gasteiger charge is -2.26. The number of amides is 1. The van der Waals surface area contributed by atoms with Gasteiger partial charge in [-0.2, -0.15) is 4.31 Å². The molecule has 144 valence electrons. The third-order valence-corrected chi connectivity index (χ3v) is 6.39. The molecule has 2 aromatic rings. The number of pyridine rings is 1. The van der Waals surface area contributed by atoms with Gasteiger partial charge in [0.05, 0.1) is 28.8 Å². The van der Waals surface area contributed by atoms with Gasteiger partial charge in [-0.15, -0.1) is 0 Å². The molecule has 0 radical (unpaired) electrons. The third-order valence-electron chi connectivity index (χ3n) is 4.16. The number of hydrogen-bond acceptors (Lipinski definition) is 5. The zero-order chi connectivity index (χ0) is 19.6. The van der Waals surface area contributed by atoms with Gasteiger partial charge in [0, 0.05) is 26.3 Å². The summed E-state index contributed by atoms with van der Waals surface area (Å²) in [6, 6.07) is 7.02. The maximum atomic E-state index is 12.8. The fraction of sp³-hybridized carbons (Fsp3) is 0.294. The van der Waals surface area contributed by atoms with Crippen molar-refractivity contribution in [1.82, 2.24) is 8.87 Å². The average molecular weight is 412 g/mol. The quantitative estimate of drug-likeness (QED) is 0.818. The molecule has 1 fully saturated rings. The molecule has 1 aliphatic rings. The molecule has 1 aromatic heterocycles. The predicted molar refractivity (Wildman–Crippen MR) is 101 cm³/mol. The largest absolute Gasteiger partial charge is 0.379 e. The number of hydrogen-bond donors (Lipinski definition) is 1. The number of rotatable bonds is 4. The second kappa shape index (κ2) is 7.81. The first-order valence-corrected chi connectivity index (χ1v) is 9.97. The number of nitrogens with zero attached hydrogens (tertiary/aromatic N) is 2. The number of nitrogens with one attached hydrogen (secondary N) is 1. The van der Waals surface area contributed by atoms with Gasteiger partial charge in [0.1, 0.15) is 5.56 Å². The Bertz CT molecular complexity index is 1030. The topological polar surface area (TPSA) is 97.7 Å². The molecule has 2 heterocycles. The number of ether oxygens (including phenoxy) is 1. The van der Waals surface area contributed by atoms with E-state index in [1.165, 1.54) is 46.4 Å². The highest BCUT2D eigenvalue weighted by Gasteiger charge is 2.27. The highest BCUT2D eigenvalue weighted by atomic mass is 35.5. The zero-order valence-electron chi connectivity index (χ0n) is 14.5. The van der Waals surface area contributed by atoms with Crippen molar-refractivity contribution in [3.05, 3.63) is 57.5 Å². The summed E-state index contributed by atoms with van der Waals surface area (Å²) >= 11 is 6.11. The van der Waals surface area contributed by atoms with Gasteiger partial charge in [-0.05, 0) is 30.3 Å². The summed E-state index contributed by atoms with van der Waals surface area (Å²) in [5.74, 6) is -0.668. The van der Waals surface area contributed by atoms with Crippen molar-refractivity contribution in [2.24, 2.45) is 7.05 Å². The number of anilines is 1. The summed E-state index contributed by atoms with van der Waals surface area (Å²) in [5.41, 5.74) is -0.428. The maximum Gasteiger partial charge on any atom is 0.263 e. The van der Waals surface area contributed by atoms with Crippen LogP contribution >= 0.6 is 11.6 Å². The summed E-state index contributed by atoms with van der Waals surface area (Å²) in [6.07, 6.45) is 1.53. The van der Waals surface area contributed by atoms with Crippen molar-refractivity contribution in [3.8, 4) is 0 Å². The van der Waals surface area contributed by atoms with E-state index in [0.717, 1.165) is 0 Å². The lowest BCUT2D eigenvalue weighted by Crippen LogP contribution is -2.40. The average Bonchev–Trinajstić information content (AvgIpc) is 2.66. The van der Waals surface area contributed by atoms with E-state index in [-0.39, 0.29) is 34.3 Å². The van der Waals surface area contributed by atoms with Crippen LogP contribution in [0.4, 0.5) is 5.69 Å². The van der Waals surface area contributed by atoms with Crippen LogP contribution in [-0.2, 0) is 21.8 Å². The number of sulfonamides is 1. The molecule has 1 amide bonds. The molecule has 1 aliphatic heterocycles. The Labute approximate surface area is 161 Å². The van der Waals surface area contributed by atoms with Crippen molar-refractivity contribution in [2.45, 2.75) is 4.90 Å². The molecule has 0 aliphatic carbocycles. The molecule has 8 nitrogen and oxygen atoms in total. The summed E-state index contributed by atoms with van der Waals surface area (Å²) in [6.45, 7) is 1.17. The van der Waals surface area contributed by atoms with E-state index in [9.17, 15) is 18.0 Å². The number of morpholine rings is 1. The minimum absolute atomic E-state index is 0.00469. The summed E-state index contributed by atoms with van der Waals surface area (Å²) in [5, 5.41) is 2.68. The second-order valence-electron chi connectivity index (χ2n) is 5.95. The molecule has 1 aromatic carbocycles. The van der Waals surface area contributed by atoms with Crippen LogP contribution < -0.4 is 10.9 Å². The summed E-state index contributed by atoms with van der Waals surface area (Å²) in [7, 11) is -2.21. The van der Waals surface area contributed by atoms with E-state index in [4.69, 9.17) is 16.3 Å². The van der Waals surface area contributed by atoms with E-state index in [1.54, 1.807) is 6.07 Å². The predicted octanol–water partition coefficient (Wildman–Crippen LogP) is 1.31. The van der Waals surface area contributed by atoms with Gasteiger partial charge in [-0.3, -0.25) is 9.59 Å². The standard InChI is InChI=1S/C17H18ClN3O5S/c1-20-6-2-3-13(17(20)23)16(22)19-15-11-12(4-5-14(15)18)27(24,25)21-7-9-26-10-8-21/h2-6,11H,7-10H2,1H3,(H,19,22). The van der Waals surface area contributed by atoms with Crippen molar-refractivity contribution in [3.63, 3.8) is 0 Å². The minimum atomic E-state index is -3.74. The molecule has 0 unspecified atom stereocenters. The first-order valence-electron chi connectivity index (χ1n) is 8.15. The molecule has 10 heteroatoms. The van der Waals surface area contributed by atoms with Crippen molar-refractivity contribution in [2.75, 3.05) is 31.6 Å². The van der Waals surface area contributed by atoms with Crippen molar-refractivity contribution in [1.29, 1.82) is 0 Å². The van der Waals surface area contributed by atoms with Gasteiger partial charge >= 0.3 is 0 Å². The third kappa shape index (κ3) is 4.06. The maximum absolute atomic E-state index is 12.8. The first-order chi connectivity index (χ1) is 12.8. The molecular weight excluding hydrogens is 394 g/mol. The Morgan fingerprint density at radius 3 is 2.63 bits per heavy atom. The molecule has 0 bridgehead atoms. The van der Waals surface area contributed by atoms with E-state index in [0.29, 0.717) is 13.2 Å². The number of carbonyl (C=O) groups excluding carboxylic acids is 1. The van der Waals surface area contributed by atoms with Gasteiger partial charge in [0.15, 0.2) is 0 Å². The SMILES string of the molecule is Cn1cccc(C(=O)Nc2cc(S(=O)(=O)N3CCOCC3)ccc2Cl)c1=O. The second-order valence-corrected chi connectivity index (χ2v) is 8.30.